The second-order valence-electron chi connectivity index (χ2n) is 6.60. The van der Waals surface area contributed by atoms with Crippen molar-refractivity contribution in [1.29, 1.82) is 0 Å². The van der Waals surface area contributed by atoms with Crippen LogP contribution in [0.15, 0.2) is 39.1 Å². The van der Waals surface area contributed by atoms with Crippen LogP contribution in [0.3, 0.4) is 0 Å². The lowest BCUT2D eigenvalue weighted by atomic mass is 9.92. The monoisotopic (exact) mass is 464 g/mol. The van der Waals surface area contributed by atoms with Crippen molar-refractivity contribution in [2.45, 2.75) is 51.7 Å². The van der Waals surface area contributed by atoms with Gasteiger partial charge in [-0.1, -0.05) is 41.0 Å². The first-order valence-electron chi connectivity index (χ1n) is 9.46. The number of aromatic nitrogens is 3. The molecule has 0 saturated carbocycles. The summed E-state index contributed by atoms with van der Waals surface area (Å²) in [4.78, 5) is 17.2. The van der Waals surface area contributed by atoms with Gasteiger partial charge in [0, 0.05) is 27.1 Å². The van der Waals surface area contributed by atoms with Crippen LogP contribution in [0.4, 0.5) is 5.95 Å². The number of nitrogens with one attached hydrogen (secondary N) is 1. The number of hydrogen-bond donors (Lipinski definition) is 1. The van der Waals surface area contributed by atoms with Gasteiger partial charge in [0.25, 0.3) is 0 Å². The van der Waals surface area contributed by atoms with Gasteiger partial charge in [-0.25, -0.2) is 4.68 Å². The minimum absolute atomic E-state index is 0.00115. The Morgan fingerprint density at radius 3 is 2.86 bits per heavy atom. The van der Waals surface area contributed by atoms with Crippen molar-refractivity contribution in [3.05, 3.63) is 39.5 Å². The zero-order chi connectivity index (χ0) is 20.3. The molecule has 1 unspecified atom stereocenters. The van der Waals surface area contributed by atoms with Gasteiger partial charge in [0.2, 0.25) is 11.1 Å². The Hall–Kier alpha value is -1.80. The fourth-order valence-electron chi connectivity index (χ4n) is 3.26. The third-order valence-corrected chi connectivity index (χ3v) is 5.92. The number of fused-ring (bicyclic) bond motifs is 1. The van der Waals surface area contributed by atoms with Crippen LogP contribution in [0.5, 0.6) is 5.75 Å². The van der Waals surface area contributed by atoms with Crippen LogP contribution >= 0.6 is 27.7 Å². The number of carbonyl (C=O) groups excluding carboxylic acids is 1. The molecule has 0 radical (unpaired) electrons. The van der Waals surface area contributed by atoms with E-state index in [1.54, 1.807) is 18.7 Å². The number of benzene rings is 1. The highest BCUT2D eigenvalue weighted by atomic mass is 79.9. The summed E-state index contributed by atoms with van der Waals surface area (Å²) >= 11 is 5.19. The van der Waals surface area contributed by atoms with E-state index < -0.39 is 0 Å². The van der Waals surface area contributed by atoms with Crippen molar-refractivity contribution >= 4 is 39.4 Å². The van der Waals surface area contributed by atoms with Gasteiger partial charge in [0.05, 0.1) is 6.61 Å². The third-order valence-electron chi connectivity index (χ3n) is 4.51. The Kier molecular flexibility index (Phi) is 6.82. The quantitative estimate of drug-likeness (QED) is 0.427. The van der Waals surface area contributed by atoms with E-state index in [9.17, 15) is 4.79 Å². The molecule has 8 heteroatoms. The first kappa shape index (κ1) is 20.9. The molecule has 1 aliphatic rings. The van der Waals surface area contributed by atoms with Gasteiger partial charge in [0.15, 0.2) is 5.78 Å². The maximum Gasteiger partial charge on any atom is 0.227 e. The van der Waals surface area contributed by atoms with E-state index in [0.29, 0.717) is 23.3 Å². The summed E-state index contributed by atoms with van der Waals surface area (Å²) in [7, 11) is 0. The molecule has 2 aromatic rings. The first-order chi connectivity index (χ1) is 13.5. The molecule has 3 rings (SSSR count). The number of carbonyl (C=O) groups is 1. The molecule has 0 fully saturated rings. The van der Waals surface area contributed by atoms with Crippen LogP contribution in [0.25, 0.3) is 0 Å². The number of allylic oxidation sites excluding steroid dienone is 2. The zero-order valence-electron chi connectivity index (χ0n) is 16.6. The van der Waals surface area contributed by atoms with Gasteiger partial charge in [-0.2, -0.15) is 4.98 Å². The molecule has 1 aromatic heterocycles. The van der Waals surface area contributed by atoms with Crippen molar-refractivity contribution in [1.82, 2.24) is 14.8 Å². The molecule has 1 aromatic carbocycles. The summed E-state index contributed by atoms with van der Waals surface area (Å²) in [5.74, 6) is 2.36. The van der Waals surface area contributed by atoms with Gasteiger partial charge in [-0.05, 0) is 45.4 Å². The number of rotatable bonds is 8. The SMILES string of the molecule is CCCCSc1nc2n(n1)C(c1cc(Br)ccc1OCC)C(C(C)=O)=C(C)N2. The second kappa shape index (κ2) is 9.13. The molecule has 0 amide bonds. The topological polar surface area (TPSA) is 69.0 Å². The summed E-state index contributed by atoms with van der Waals surface area (Å²) in [5, 5.41) is 8.69. The fourth-order valence-corrected chi connectivity index (χ4v) is 4.56. The Balaban J connectivity index is 2.12. The maximum atomic E-state index is 12.6. The van der Waals surface area contributed by atoms with E-state index in [0.717, 1.165) is 40.1 Å². The molecule has 0 aliphatic carbocycles. The number of unbranched alkanes of at least 4 members (excludes halogenated alkanes) is 1. The predicted octanol–water partition coefficient (Wildman–Crippen LogP) is 5.21. The maximum absolute atomic E-state index is 12.6. The first-order valence-corrected chi connectivity index (χ1v) is 11.2. The van der Waals surface area contributed by atoms with Crippen LogP contribution in [-0.4, -0.2) is 32.9 Å². The van der Waals surface area contributed by atoms with E-state index in [2.05, 4.69) is 33.2 Å². The van der Waals surface area contributed by atoms with E-state index in [4.69, 9.17) is 9.84 Å². The molecule has 1 atom stereocenters. The van der Waals surface area contributed by atoms with Gasteiger partial charge < -0.3 is 10.1 Å². The highest BCUT2D eigenvalue weighted by Gasteiger charge is 2.34. The second-order valence-corrected chi connectivity index (χ2v) is 8.58. The average Bonchev–Trinajstić information content (AvgIpc) is 3.04. The Morgan fingerprint density at radius 2 is 2.18 bits per heavy atom. The standard InChI is InChI=1S/C20H25BrN4O2S/c1-5-7-10-28-20-23-19-22-12(3)17(13(4)26)18(25(19)24-20)15-11-14(21)8-9-16(15)27-6-2/h8-9,11,18H,5-7,10H2,1-4H3,(H,22,23,24). The normalized spacial score (nSPS) is 16.0. The molecular weight excluding hydrogens is 440 g/mol. The van der Waals surface area contributed by atoms with Crippen LogP contribution in [-0.2, 0) is 4.79 Å². The van der Waals surface area contributed by atoms with Crippen molar-refractivity contribution < 1.29 is 9.53 Å². The zero-order valence-corrected chi connectivity index (χ0v) is 19.0. The minimum Gasteiger partial charge on any atom is -0.494 e. The molecule has 1 N–H and O–H groups in total. The molecule has 0 spiro atoms. The predicted molar refractivity (Wildman–Crippen MR) is 116 cm³/mol. The number of ketones is 1. The van der Waals surface area contributed by atoms with E-state index >= 15 is 0 Å². The molecule has 150 valence electrons. The van der Waals surface area contributed by atoms with Gasteiger partial charge in [-0.15, -0.1) is 5.10 Å². The van der Waals surface area contributed by atoms with Crippen molar-refractivity contribution in [2.24, 2.45) is 0 Å². The van der Waals surface area contributed by atoms with Crippen LogP contribution in [0.1, 0.15) is 52.1 Å². The number of nitrogens with zero attached hydrogens (tertiary/aromatic N) is 3. The largest absolute Gasteiger partial charge is 0.494 e. The number of anilines is 1. The number of halogens is 1. The van der Waals surface area contributed by atoms with Crippen LogP contribution < -0.4 is 10.1 Å². The molecular formula is C20H25BrN4O2S. The van der Waals surface area contributed by atoms with E-state index in [-0.39, 0.29) is 11.8 Å². The number of ether oxygens (including phenoxy) is 1. The van der Waals surface area contributed by atoms with Gasteiger partial charge in [-0.3, -0.25) is 4.79 Å². The highest BCUT2D eigenvalue weighted by Crippen LogP contribution is 2.41. The average molecular weight is 465 g/mol. The summed E-state index contributed by atoms with van der Waals surface area (Å²) in [6.07, 6.45) is 2.24. The Labute approximate surface area is 178 Å². The lowest BCUT2D eigenvalue weighted by Gasteiger charge is -2.29. The molecule has 6 nitrogen and oxygen atoms in total. The van der Waals surface area contributed by atoms with E-state index in [1.165, 1.54) is 0 Å². The van der Waals surface area contributed by atoms with Crippen LogP contribution in [0, 0.1) is 0 Å². The van der Waals surface area contributed by atoms with Crippen LogP contribution in [0.2, 0.25) is 0 Å². The Morgan fingerprint density at radius 1 is 1.39 bits per heavy atom. The fraction of sp³-hybridized carbons (Fsp3) is 0.450. The van der Waals surface area contributed by atoms with Gasteiger partial charge >= 0.3 is 0 Å². The summed E-state index contributed by atoms with van der Waals surface area (Å²) in [5.41, 5.74) is 2.35. The number of hydrogen-bond acceptors (Lipinski definition) is 6. The molecule has 1 aliphatic heterocycles. The Bertz CT molecular complexity index is 910. The highest BCUT2D eigenvalue weighted by molar-refractivity contribution is 9.10. The van der Waals surface area contributed by atoms with Crippen molar-refractivity contribution in [3.8, 4) is 5.75 Å². The lowest BCUT2D eigenvalue weighted by Crippen LogP contribution is -2.28. The molecule has 2 heterocycles. The van der Waals surface area contributed by atoms with Gasteiger partial charge in [0.1, 0.15) is 11.8 Å². The van der Waals surface area contributed by atoms with E-state index in [1.807, 2.05) is 36.7 Å². The van der Waals surface area contributed by atoms with Crippen molar-refractivity contribution in [3.63, 3.8) is 0 Å². The molecule has 28 heavy (non-hydrogen) atoms. The molecule has 0 saturated heterocycles. The summed E-state index contributed by atoms with van der Waals surface area (Å²) < 4.78 is 8.60. The third kappa shape index (κ3) is 4.27. The lowest BCUT2D eigenvalue weighted by molar-refractivity contribution is -0.114. The minimum atomic E-state index is -0.388. The number of Topliss-reactive ketones (excluding diaryl/α,β-unsaturated/α-hetero) is 1. The summed E-state index contributed by atoms with van der Waals surface area (Å²) in [6.45, 7) is 8.15. The molecule has 0 bridgehead atoms. The van der Waals surface area contributed by atoms with Crippen molar-refractivity contribution in [2.75, 3.05) is 17.7 Å². The summed E-state index contributed by atoms with van der Waals surface area (Å²) in [6, 6.07) is 5.47. The number of thioether (sulfide) groups is 1. The smallest absolute Gasteiger partial charge is 0.227 e.